The van der Waals surface area contributed by atoms with Crippen molar-refractivity contribution < 1.29 is 0 Å². The smallest absolute Gasteiger partial charge is 0.0191 e. The fourth-order valence-corrected chi connectivity index (χ4v) is 1.88. The van der Waals surface area contributed by atoms with Gasteiger partial charge in [0, 0.05) is 0 Å². The van der Waals surface area contributed by atoms with Crippen LogP contribution in [-0.4, -0.2) is 0 Å². The monoisotopic (exact) mass is 150 g/mol. The molecule has 0 aromatic carbocycles. The molecule has 1 aliphatic carbocycles. The Kier molecular flexibility index (Phi) is 2.92. The van der Waals surface area contributed by atoms with Crippen molar-refractivity contribution in [1.82, 2.24) is 0 Å². The summed E-state index contributed by atoms with van der Waals surface area (Å²) in [5, 5.41) is 0. The molecule has 0 amide bonds. The number of hydrogen-bond donors (Lipinski definition) is 0. The van der Waals surface area contributed by atoms with Gasteiger partial charge in [-0.25, -0.2) is 0 Å². The predicted molar refractivity (Wildman–Crippen MR) is 50.5 cm³/mol. The predicted octanol–water partition coefficient (Wildman–Crippen LogP) is 3.70. The van der Waals surface area contributed by atoms with Crippen LogP contribution in [0.15, 0.2) is 23.3 Å². The normalized spacial score (nSPS) is 26.6. The quantitative estimate of drug-likeness (QED) is 0.534. The lowest BCUT2D eigenvalue weighted by Gasteiger charge is -2.21. The zero-order valence-corrected chi connectivity index (χ0v) is 7.85. The Bertz CT molecular complexity index is 184. The van der Waals surface area contributed by atoms with E-state index in [0.717, 1.165) is 5.92 Å². The van der Waals surface area contributed by atoms with Gasteiger partial charge in [0.05, 0.1) is 0 Å². The summed E-state index contributed by atoms with van der Waals surface area (Å²) in [6.45, 7) is 6.70. The molecule has 11 heavy (non-hydrogen) atoms. The molecule has 0 N–H and O–H groups in total. The van der Waals surface area contributed by atoms with E-state index in [-0.39, 0.29) is 0 Å². The molecule has 62 valence electrons. The van der Waals surface area contributed by atoms with Gasteiger partial charge in [0.25, 0.3) is 0 Å². The lowest BCUT2D eigenvalue weighted by atomic mass is 9.84. The maximum Gasteiger partial charge on any atom is -0.0191 e. The first-order chi connectivity index (χ1) is 5.25. The second kappa shape index (κ2) is 3.75. The van der Waals surface area contributed by atoms with Crippen molar-refractivity contribution in [3.63, 3.8) is 0 Å². The summed E-state index contributed by atoms with van der Waals surface area (Å²) in [6.07, 6.45) is 8.49. The van der Waals surface area contributed by atoms with Crippen LogP contribution in [0.4, 0.5) is 0 Å². The molecule has 1 rings (SSSR count). The molecule has 0 bridgehead atoms. The van der Waals surface area contributed by atoms with E-state index in [9.17, 15) is 0 Å². The van der Waals surface area contributed by atoms with Crippen LogP contribution >= 0.6 is 0 Å². The summed E-state index contributed by atoms with van der Waals surface area (Å²) < 4.78 is 0. The third-order valence-corrected chi connectivity index (χ3v) is 2.56. The molecule has 1 unspecified atom stereocenters. The highest BCUT2D eigenvalue weighted by molar-refractivity contribution is 5.28. The highest BCUT2D eigenvalue weighted by Gasteiger charge is 2.13. The minimum atomic E-state index is 0.792. The van der Waals surface area contributed by atoms with Gasteiger partial charge < -0.3 is 0 Å². The Morgan fingerprint density at radius 2 is 2.18 bits per heavy atom. The summed E-state index contributed by atoms with van der Waals surface area (Å²) in [7, 11) is 0. The fourth-order valence-electron chi connectivity index (χ4n) is 1.88. The van der Waals surface area contributed by atoms with Crippen LogP contribution < -0.4 is 0 Å². The summed E-state index contributed by atoms with van der Waals surface area (Å²) in [4.78, 5) is 0. The van der Waals surface area contributed by atoms with Gasteiger partial charge in [0.15, 0.2) is 0 Å². The van der Waals surface area contributed by atoms with Gasteiger partial charge in [-0.1, -0.05) is 24.6 Å². The standard InChI is InChI=1S/C11H18/c1-4-6-11-9(2)7-5-8-10(11)3/h4,6,9H,5,7-8H2,1-3H3/b6-4-. The second-order valence-corrected chi connectivity index (χ2v) is 3.53. The fraction of sp³-hybridized carbons (Fsp3) is 0.636. The Hall–Kier alpha value is -0.520. The van der Waals surface area contributed by atoms with E-state index in [4.69, 9.17) is 0 Å². The van der Waals surface area contributed by atoms with Gasteiger partial charge in [0.2, 0.25) is 0 Å². The highest BCUT2D eigenvalue weighted by atomic mass is 14.2. The number of allylic oxidation sites excluding steroid dienone is 4. The average Bonchev–Trinajstić information content (AvgIpc) is 1.97. The Balaban J connectivity index is 2.82. The summed E-state index contributed by atoms with van der Waals surface area (Å²) in [5.41, 5.74) is 3.18. The van der Waals surface area contributed by atoms with Crippen molar-refractivity contribution in [3.05, 3.63) is 23.3 Å². The van der Waals surface area contributed by atoms with Crippen LogP contribution in [0.5, 0.6) is 0 Å². The summed E-state index contributed by atoms with van der Waals surface area (Å²) >= 11 is 0. The van der Waals surface area contributed by atoms with Gasteiger partial charge in [-0.2, -0.15) is 0 Å². The molecule has 0 heterocycles. The van der Waals surface area contributed by atoms with E-state index in [1.807, 2.05) is 0 Å². The first-order valence-electron chi connectivity index (χ1n) is 4.58. The molecule has 0 aromatic heterocycles. The molecule has 0 heteroatoms. The SMILES string of the molecule is C/C=C\C1=C(C)CCCC1C. The first kappa shape index (κ1) is 8.58. The van der Waals surface area contributed by atoms with Gasteiger partial charge >= 0.3 is 0 Å². The molecule has 0 aromatic rings. The van der Waals surface area contributed by atoms with Crippen LogP contribution in [0, 0.1) is 5.92 Å². The maximum atomic E-state index is 2.33. The van der Waals surface area contributed by atoms with E-state index in [1.165, 1.54) is 19.3 Å². The van der Waals surface area contributed by atoms with Gasteiger partial charge in [-0.15, -0.1) is 0 Å². The Morgan fingerprint density at radius 1 is 1.45 bits per heavy atom. The molecule has 0 fully saturated rings. The van der Waals surface area contributed by atoms with Crippen molar-refractivity contribution in [2.24, 2.45) is 5.92 Å². The van der Waals surface area contributed by atoms with E-state index >= 15 is 0 Å². The van der Waals surface area contributed by atoms with E-state index in [2.05, 4.69) is 32.9 Å². The summed E-state index contributed by atoms with van der Waals surface area (Å²) in [6, 6.07) is 0. The Morgan fingerprint density at radius 3 is 2.73 bits per heavy atom. The van der Waals surface area contributed by atoms with E-state index in [1.54, 1.807) is 11.1 Å². The third-order valence-electron chi connectivity index (χ3n) is 2.56. The molecular weight excluding hydrogens is 132 g/mol. The molecule has 0 aliphatic heterocycles. The van der Waals surface area contributed by atoms with Crippen molar-refractivity contribution in [3.8, 4) is 0 Å². The van der Waals surface area contributed by atoms with Crippen molar-refractivity contribution in [1.29, 1.82) is 0 Å². The van der Waals surface area contributed by atoms with Crippen LogP contribution in [0.3, 0.4) is 0 Å². The van der Waals surface area contributed by atoms with Crippen LogP contribution in [0.2, 0.25) is 0 Å². The van der Waals surface area contributed by atoms with Gasteiger partial charge in [0.1, 0.15) is 0 Å². The van der Waals surface area contributed by atoms with Gasteiger partial charge in [-0.05, 0) is 44.6 Å². The van der Waals surface area contributed by atoms with Crippen molar-refractivity contribution >= 4 is 0 Å². The van der Waals surface area contributed by atoms with E-state index < -0.39 is 0 Å². The lowest BCUT2D eigenvalue weighted by Crippen LogP contribution is -2.05. The minimum absolute atomic E-state index is 0.792. The molecule has 1 atom stereocenters. The zero-order valence-electron chi connectivity index (χ0n) is 7.85. The second-order valence-electron chi connectivity index (χ2n) is 3.53. The number of hydrogen-bond acceptors (Lipinski definition) is 0. The molecule has 0 spiro atoms. The molecule has 0 nitrogen and oxygen atoms in total. The molecule has 0 saturated heterocycles. The summed E-state index contributed by atoms with van der Waals surface area (Å²) in [5.74, 6) is 0.792. The average molecular weight is 150 g/mol. The van der Waals surface area contributed by atoms with Crippen LogP contribution in [-0.2, 0) is 0 Å². The lowest BCUT2D eigenvalue weighted by molar-refractivity contribution is 0.546. The van der Waals surface area contributed by atoms with Crippen LogP contribution in [0.25, 0.3) is 0 Å². The van der Waals surface area contributed by atoms with E-state index in [0.29, 0.717) is 0 Å². The van der Waals surface area contributed by atoms with Crippen molar-refractivity contribution in [2.75, 3.05) is 0 Å². The number of rotatable bonds is 1. The third kappa shape index (κ3) is 1.95. The van der Waals surface area contributed by atoms with Crippen molar-refractivity contribution in [2.45, 2.75) is 40.0 Å². The maximum absolute atomic E-state index is 2.33. The first-order valence-corrected chi connectivity index (χ1v) is 4.58. The van der Waals surface area contributed by atoms with Crippen LogP contribution in [0.1, 0.15) is 40.0 Å². The topological polar surface area (TPSA) is 0 Å². The highest BCUT2D eigenvalue weighted by Crippen LogP contribution is 2.30. The van der Waals surface area contributed by atoms with Gasteiger partial charge in [-0.3, -0.25) is 0 Å². The molecular formula is C11H18. The minimum Gasteiger partial charge on any atom is -0.0874 e. The largest absolute Gasteiger partial charge is 0.0874 e. The molecule has 0 radical (unpaired) electrons. The Labute approximate surface area is 70.0 Å². The zero-order chi connectivity index (χ0) is 8.27. The molecule has 1 aliphatic rings. The molecule has 0 saturated carbocycles.